The van der Waals surface area contributed by atoms with Crippen LogP contribution in [0.2, 0.25) is 0 Å². The van der Waals surface area contributed by atoms with Crippen molar-refractivity contribution >= 4 is 0 Å². The highest BCUT2D eigenvalue weighted by atomic mass is 16.3. The molecule has 0 fully saturated rings. The molecule has 0 aliphatic heterocycles. The summed E-state index contributed by atoms with van der Waals surface area (Å²) in [6.07, 6.45) is 3.70. The normalized spacial score (nSPS) is 10.4. The van der Waals surface area contributed by atoms with E-state index in [9.17, 15) is 0 Å². The first kappa shape index (κ1) is 8.90. The Kier molecular flexibility index (Phi) is 2.28. The van der Waals surface area contributed by atoms with Gasteiger partial charge in [0.2, 0.25) is 0 Å². The number of hydrogen-bond acceptors (Lipinski definition) is 3. The molecule has 0 amide bonds. The van der Waals surface area contributed by atoms with Gasteiger partial charge in [-0.1, -0.05) is 0 Å². The summed E-state index contributed by atoms with van der Waals surface area (Å²) in [5.41, 5.74) is 2.70. The van der Waals surface area contributed by atoms with E-state index in [0.29, 0.717) is 5.82 Å². The average molecular weight is 189 g/mol. The highest BCUT2D eigenvalue weighted by Gasteiger charge is 2.03. The number of aromatic nitrogens is 3. The lowest BCUT2D eigenvalue weighted by Gasteiger charge is -2.01. The van der Waals surface area contributed by atoms with E-state index in [2.05, 4.69) is 15.0 Å². The molecule has 0 saturated carbocycles. The second kappa shape index (κ2) is 3.59. The predicted octanol–water partition coefficient (Wildman–Crippen LogP) is 1.27. The summed E-state index contributed by atoms with van der Waals surface area (Å²) in [6, 6.07) is 3.82. The number of aryl methyl sites for hydroxylation is 1. The summed E-state index contributed by atoms with van der Waals surface area (Å²) < 4.78 is 0. The molecule has 2 heterocycles. The maximum atomic E-state index is 8.95. The van der Waals surface area contributed by atoms with E-state index in [-0.39, 0.29) is 6.61 Å². The number of nitrogens with zero attached hydrogens (tertiary/aromatic N) is 2. The molecule has 2 aromatic heterocycles. The first-order valence-electron chi connectivity index (χ1n) is 4.38. The fourth-order valence-corrected chi connectivity index (χ4v) is 1.33. The fourth-order valence-electron chi connectivity index (χ4n) is 1.33. The highest BCUT2D eigenvalue weighted by Crippen LogP contribution is 2.16. The van der Waals surface area contributed by atoms with Gasteiger partial charge in [-0.15, -0.1) is 0 Å². The lowest BCUT2D eigenvalue weighted by molar-refractivity contribution is 0.271. The lowest BCUT2D eigenvalue weighted by atomic mass is 10.2. The Hall–Kier alpha value is -1.68. The van der Waals surface area contributed by atoms with Crippen LogP contribution >= 0.6 is 0 Å². The second-order valence-corrected chi connectivity index (χ2v) is 3.07. The van der Waals surface area contributed by atoms with Gasteiger partial charge >= 0.3 is 0 Å². The molecule has 72 valence electrons. The van der Waals surface area contributed by atoms with Crippen molar-refractivity contribution in [1.82, 2.24) is 15.0 Å². The molecule has 4 nitrogen and oxygen atoms in total. The van der Waals surface area contributed by atoms with Crippen molar-refractivity contribution in [2.75, 3.05) is 0 Å². The van der Waals surface area contributed by atoms with Crippen LogP contribution in [0.15, 0.2) is 24.5 Å². The summed E-state index contributed by atoms with van der Waals surface area (Å²) in [7, 11) is 0. The zero-order valence-corrected chi connectivity index (χ0v) is 7.86. The van der Waals surface area contributed by atoms with Gasteiger partial charge in [0.25, 0.3) is 0 Å². The lowest BCUT2D eigenvalue weighted by Crippen LogP contribution is -1.98. The van der Waals surface area contributed by atoms with Gasteiger partial charge < -0.3 is 10.1 Å². The smallest absolute Gasteiger partial charge is 0.154 e. The van der Waals surface area contributed by atoms with Gasteiger partial charge in [0.05, 0.1) is 5.69 Å². The van der Waals surface area contributed by atoms with Crippen LogP contribution in [0.5, 0.6) is 0 Å². The van der Waals surface area contributed by atoms with Crippen LogP contribution < -0.4 is 0 Å². The van der Waals surface area contributed by atoms with E-state index >= 15 is 0 Å². The quantitative estimate of drug-likeness (QED) is 0.747. The first-order chi connectivity index (χ1) is 6.79. The molecule has 0 atom stereocenters. The Morgan fingerprint density at radius 3 is 2.93 bits per heavy atom. The van der Waals surface area contributed by atoms with E-state index in [1.54, 1.807) is 0 Å². The van der Waals surface area contributed by atoms with Crippen molar-refractivity contribution in [3.05, 3.63) is 36.0 Å². The first-order valence-corrected chi connectivity index (χ1v) is 4.38. The van der Waals surface area contributed by atoms with E-state index in [4.69, 9.17) is 5.11 Å². The minimum atomic E-state index is -0.126. The zero-order valence-electron chi connectivity index (χ0n) is 7.86. The summed E-state index contributed by atoms with van der Waals surface area (Å²) in [5.74, 6) is 0.459. The van der Waals surface area contributed by atoms with Crippen molar-refractivity contribution in [1.29, 1.82) is 0 Å². The number of H-pyrrole nitrogens is 1. The fraction of sp³-hybridized carbons (Fsp3) is 0.200. The molecule has 0 aliphatic carbocycles. The minimum absolute atomic E-state index is 0.126. The number of hydrogen-bond donors (Lipinski definition) is 2. The van der Waals surface area contributed by atoms with Crippen molar-refractivity contribution < 1.29 is 5.11 Å². The maximum absolute atomic E-state index is 8.95. The SMILES string of the molecule is Cc1cc(-c2cc[nH]c2)nc(CO)n1. The van der Waals surface area contributed by atoms with Crippen LogP contribution in [-0.4, -0.2) is 20.1 Å². The van der Waals surface area contributed by atoms with Crippen molar-refractivity contribution in [2.24, 2.45) is 0 Å². The van der Waals surface area contributed by atoms with Crippen LogP contribution in [0.3, 0.4) is 0 Å². The molecule has 0 spiro atoms. The van der Waals surface area contributed by atoms with Crippen molar-refractivity contribution in [3.8, 4) is 11.3 Å². The minimum Gasteiger partial charge on any atom is -0.388 e. The van der Waals surface area contributed by atoms with Gasteiger partial charge in [0.15, 0.2) is 5.82 Å². The molecule has 2 aromatic rings. The summed E-state index contributed by atoms with van der Waals surface area (Å²) in [5, 5.41) is 8.95. The standard InChI is InChI=1S/C10H11N3O/c1-7-4-9(8-2-3-11-5-8)13-10(6-14)12-7/h2-5,11,14H,6H2,1H3. The molecule has 0 radical (unpaired) electrons. The van der Waals surface area contributed by atoms with Crippen LogP contribution in [0.4, 0.5) is 0 Å². The molecule has 0 unspecified atom stereocenters. The van der Waals surface area contributed by atoms with Gasteiger partial charge in [-0.3, -0.25) is 0 Å². The third kappa shape index (κ3) is 1.65. The molecule has 0 saturated heterocycles. The zero-order chi connectivity index (χ0) is 9.97. The Balaban J connectivity index is 2.48. The molecule has 0 aromatic carbocycles. The van der Waals surface area contributed by atoms with Gasteiger partial charge in [-0.05, 0) is 19.1 Å². The van der Waals surface area contributed by atoms with E-state index < -0.39 is 0 Å². The van der Waals surface area contributed by atoms with E-state index in [0.717, 1.165) is 17.0 Å². The molecule has 2 N–H and O–H groups in total. The third-order valence-corrected chi connectivity index (χ3v) is 1.94. The Labute approximate surface area is 81.7 Å². The molecule has 0 aliphatic rings. The molecular formula is C10H11N3O. The molecular weight excluding hydrogens is 178 g/mol. The van der Waals surface area contributed by atoms with Crippen LogP contribution in [0, 0.1) is 6.92 Å². The predicted molar refractivity (Wildman–Crippen MR) is 52.5 cm³/mol. The van der Waals surface area contributed by atoms with Crippen LogP contribution in [-0.2, 0) is 6.61 Å². The number of aliphatic hydroxyl groups excluding tert-OH is 1. The maximum Gasteiger partial charge on any atom is 0.154 e. The van der Waals surface area contributed by atoms with E-state index in [1.165, 1.54) is 0 Å². The van der Waals surface area contributed by atoms with Crippen molar-refractivity contribution in [2.45, 2.75) is 13.5 Å². The van der Waals surface area contributed by atoms with Gasteiger partial charge in [-0.2, -0.15) is 0 Å². The summed E-state index contributed by atoms with van der Waals surface area (Å²) in [6.45, 7) is 1.76. The molecule has 4 heteroatoms. The Bertz CT molecular complexity index is 423. The second-order valence-electron chi connectivity index (χ2n) is 3.07. The van der Waals surface area contributed by atoms with Crippen LogP contribution in [0.25, 0.3) is 11.3 Å². The molecule has 0 bridgehead atoms. The molecule has 14 heavy (non-hydrogen) atoms. The number of aromatic amines is 1. The average Bonchev–Trinajstić information content (AvgIpc) is 2.69. The van der Waals surface area contributed by atoms with Crippen molar-refractivity contribution in [3.63, 3.8) is 0 Å². The molecule has 2 rings (SSSR count). The van der Waals surface area contributed by atoms with Crippen LogP contribution in [0.1, 0.15) is 11.5 Å². The van der Waals surface area contributed by atoms with Gasteiger partial charge in [-0.25, -0.2) is 9.97 Å². The highest BCUT2D eigenvalue weighted by molar-refractivity contribution is 5.58. The van der Waals surface area contributed by atoms with Gasteiger partial charge in [0, 0.05) is 23.7 Å². The summed E-state index contributed by atoms with van der Waals surface area (Å²) >= 11 is 0. The Morgan fingerprint density at radius 1 is 1.43 bits per heavy atom. The van der Waals surface area contributed by atoms with E-state index in [1.807, 2.05) is 31.5 Å². The largest absolute Gasteiger partial charge is 0.388 e. The third-order valence-electron chi connectivity index (χ3n) is 1.94. The Morgan fingerprint density at radius 2 is 2.29 bits per heavy atom. The summed E-state index contributed by atoms with van der Waals surface area (Å²) in [4.78, 5) is 11.3. The monoisotopic (exact) mass is 189 g/mol. The number of aliphatic hydroxyl groups is 1. The number of rotatable bonds is 2. The van der Waals surface area contributed by atoms with Gasteiger partial charge in [0.1, 0.15) is 6.61 Å². The number of nitrogens with one attached hydrogen (secondary N) is 1. The topological polar surface area (TPSA) is 61.8 Å².